The fourth-order valence-corrected chi connectivity index (χ4v) is 2.77. The van der Waals surface area contributed by atoms with Crippen LogP contribution in [0, 0.1) is 0 Å². The van der Waals surface area contributed by atoms with Gasteiger partial charge in [0.15, 0.2) is 11.6 Å². The molecule has 6 heteroatoms. The Bertz CT molecular complexity index is 814. The van der Waals surface area contributed by atoms with Crippen LogP contribution in [0.15, 0.2) is 47.0 Å². The van der Waals surface area contributed by atoms with Crippen molar-refractivity contribution < 1.29 is 4.52 Å². The molecule has 0 amide bonds. The summed E-state index contributed by atoms with van der Waals surface area (Å²) in [6.07, 6.45) is 0. The normalized spacial score (nSPS) is 10.8. The molecule has 0 bridgehead atoms. The average molecular weight is 340 g/mol. The lowest BCUT2D eigenvalue weighted by atomic mass is 10.0. The Morgan fingerprint density at radius 3 is 2.43 bits per heavy atom. The molecule has 0 fully saturated rings. The minimum Gasteiger partial charge on any atom is -0.380 e. The van der Waals surface area contributed by atoms with Crippen molar-refractivity contribution >= 4 is 40.6 Å². The largest absolute Gasteiger partial charge is 0.380 e. The molecular weight excluding hydrogens is 331 g/mol. The Morgan fingerprint density at radius 2 is 1.71 bits per heavy atom. The zero-order chi connectivity index (χ0) is 15.0. The predicted molar refractivity (Wildman–Crippen MR) is 86.8 cm³/mol. The molecule has 0 atom stereocenters. The van der Waals surface area contributed by atoms with Gasteiger partial charge in [-0.2, -0.15) is 0 Å². The fourth-order valence-electron chi connectivity index (χ4n) is 2.08. The lowest BCUT2D eigenvalue weighted by molar-refractivity contribution is 0.436. The summed E-state index contributed by atoms with van der Waals surface area (Å²) >= 11 is 18.2. The molecule has 1 aromatic heterocycles. The van der Waals surface area contributed by atoms with Gasteiger partial charge in [0.1, 0.15) is 0 Å². The SMILES string of the molecule is Nc1noc(-c2cccc(Cl)c2)c1-c1ccc(Cl)cc1Cl. The van der Waals surface area contributed by atoms with Crippen LogP contribution >= 0.6 is 34.8 Å². The van der Waals surface area contributed by atoms with E-state index < -0.39 is 0 Å². The third-order valence-electron chi connectivity index (χ3n) is 3.01. The highest BCUT2D eigenvalue weighted by molar-refractivity contribution is 6.36. The lowest BCUT2D eigenvalue weighted by Gasteiger charge is -2.06. The fraction of sp³-hybridized carbons (Fsp3) is 0. The minimum absolute atomic E-state index is 0.259. The first-order valence-corrected chi connectivity index (χ1v) is 7.16. The van der Waals surface area contributed by atoms with Gasteiger partial charge in [-0.1, -0.05) is 58.2 Å². The first-order chi connectivity index (χ1) is 10.1. The second kappa shape index (κ2) is 5.60. The molecule has 2 N–H and O–H groups in total. The van der Waals surface area contributed by atoms with Crippen LogP contribution < -0.4 is 5.73 Å². The van der Waals surface area contributed by atoms with Crippen molar-refractivity contribution in [3.8, 4) is 22.5 Å². The molecule has 0 radical (unpaired) electrons. The van der Waals surface area contributed by atoms with Gasteiger partial charge in [-0.25, -0.2) is 0 Å². The van der Waals surface area contributed by atoms with Gasteiger partial charge >= 0.3 is 0 Å². The molecule has 0 aliphatic carbocycles. The van der Waals surface area contributed by atoms with Crippen LogP contribution in [0.4, 0.5) is 5.82 Å². The highest BCUT2D eigenvalue weighted by atomic mass is 35.5. The standard InChI is InChI=1S/C15H9Cl3N2O/c16-9-3-1-2-8(6-9)14-13(15(19)20-21-14)11-5-4-10(17)7-12(11)18/h1-7H,(H2,19,20). The maximum atomic E-state index is 6.25. The van der Waals surface area contributed by atoms with Crippen LogP contribution in [0.5, 0.6) is 0 Å². The number of nitrogens with two attached hydrogens (primary N) is 1. The van der Waals surface area contributed by atoms with E-state index in [2.05, 4.69) is 5.16 Å². The minimum atomic E-state index is 0.259. The van der Waals surface area contributed by atoms with Crippen molar-refractivity contribution in [1.82, 2.24) is 5.16 Å². The number of hydrogen-bond acceptors (Lipinski definition) is 3. The van der Waals surface area contributed by atoms with Crippen LogP contribution in [0.2, 0.25) is 15.1 Å². The number of aromatic nitrogens is 1. The maximum absolute atomic E-state index is 6.25. The van der Waals surface area contributed by atoms with Crippen LogP contribution in [0.25, 0.3) is 22.5 Å². The summed E-state index contributed by atoms with van der Waals surface area (Å²) < 4.78 is 5.35. The monoisotopic (exact) mass is 338 g/mol. The van der Waals surface area contributed by atoms with E-state index in [-0.39, 0.29) is 5.82 Å². The molecular formula is C15H9Cl3N2O. The van der Waals surface area contributed by atoms with Crippen molar-refractivity contribution in [3.05, 3.63) is 57.5 Å². The molecule has 0 aliphatic heterocycles. The van der Waals surface area contributed by atoms with Gasteiger partial charge in [-0.3, -0.25) is 0 Å². The van der Waals surface area contributed by atoms with E-state index in [1.54, 1.807) is 30.3 Å². The number of hydrogen-bond donors (Lipinski definition) is 1. The second-order valence-corrected chi connectivity index (χ2v) is 5.69. The molecule has 21 heavy (non-hydrogen) atoms. The van der Waals surface area contributed by atoms with E-state index >= 15 is 0 Å². The summed E-state index contributed by atoms with van der Waals surface area (Å²) in [4.78, 5) is 0. The molecule has 1 heterocycles. The van der Waals surface area contributed by atoms with Crippen LogP contribution in [-0.4, -0.2) is 5.16 Å². The predicted octanol–water partition coefficient (Wildman–Crippen LogP) is 5.55. The van der Waals surface area contributed by atoms with Crippen LogP contribution in [-0.2, 0) is 0 Å². The number of nitrogen functional groups attached to an aromatic ring is 1. The number of benzene rings is 2. The van der Waals surface area contributed by atoms with Crippen molar-refractivity contribution in [3.63, 3.8) is 0 Å². The molecule has 106 valence electrons. The zero-order valence-corrected chi connectivity index (χ0v) is 12.9. The molecule has 0 unspecified atom stereocenters. The second-order valence-electron chi connectivity index (χ2n) is 4.41. The molecule has 3 rings (SSSR count). The van der Waals surface area contributed by atoms with Crippen LogP contribution in [0.3, 0.4) is 0 Å². The highest BCUT2D eigenvalue weighted by Crippen LogP contribution is 2.41. The zero-order valence-electron chi connectivity index (χ0n) is 10.6. The molecule has 0 aliphatic rings. The van der Waals surface area contributed by atoms with E-state index in [1.807, 2.05) is 12.1 Å². The molecule has 3 aromatic rings. The Hall–Kier alpha value is -1.68. The van der Waals surface area contributed by atoms with E-state index in [1.165, 1.54) is 0 Å². The number of halogens is 3. The van der Waals surface area contributed by atoms with Gasteiger partial charge in [0.25, 0.3) is 0 Å². The summed E-state index contributed by atoms with van der Waals surface area (Å²) in [5, 5.41) is 5.44. The lowest BCUT2D eigenvalue weighted by Crippen LogP contribution is -1.89. The van der Waals surface area contributed by atoms with Crippen molar-refractivity contribution in [2.24, 2.45) is 0 Å². The molecule has 2 aromatic carbocycles. The van der Waals surface area contributed by atoms with Crippen molar-refractivity contribution in [2.45, 2.75) is 0 Å². The first-order valence-electron chi connectivity index (χ1n) is 6.03. The summed E-state index contributed by atoms with van der Waals surface area (Å²) in [6.45, 7) is 0. The van der Waals surface area contributed by atoms with Gasteiger partial charge in [0.05, 0.1) is 10.6 Å². The summed E-state index contributed by atoms with van der Waals surface area (Å²) in [5.41, 5.74) is 8.02. The molecule has 3 nitrogen and oxygen atoms in total. The quantitative estimate of drug-likeness (QED) is 0.666. The van der Waals surface area contributed by atoms with E-state index in [9.17, 15) is 0 Å². The maximum Gasteiger partial charge on any atom is 0.177 e. The molecule has 0 spiro atoms. The summed E-state index contributed by atoms with van der Waals surface area (Å²) in [6, 6.07) is 12.4. The third kappa shape index (κ3) is 2.72. The van der Waals surface area contributed by atoms with Crippen molar-refractivity contribution in [1.29, 1.82) is 0 Å². The number of rotatable bonds is 2. The smallest absolute Gasteiger partial charge is 0.177 e. The van der Waals surface area contributed by atoms with Gasteiger partial charge in [-0.05, 0) is 24.3 Å². The summed E-state index contributed by atoms with van der Waals surface area (Å²) in [5.74, 6) is 0.772. The van der Waals surface area contributed by atoms with E-state index in [4.69, 9.17) is 45.1 Å². The number of nitrogens with zero attached hydrogens (tertiary/aromatic N) is 1. The Kier molecular flexibility index (Phi) is 3.81. The van der Waals surface area contributed by atoms with Gasteiger partial charge < -0.3 is 10.3 Å². The average Bonchev–Trinajstić information content (AvgIpc) is 2.81. The number of anilines is 1. The Balaban J connectivity index is 2.22. The Labute approximate surface area is 136 Å². The van der Waals surface area contributed by atoms with Crippen LogP contribution in [0.1, 0.15) is 0 Å². The molecule has 0 saturated carbocycles. The van der Waals surface area contributed by atoms with E-state index in [0.29, 0.717) is 32.0 Å². The third-order valence-corrected chi connectivity index (χ3v) is 3.79. The topological polar surface area (TPSA) is 52.0 Å². The Morgan fingerprint density at radius 1 is 0.952 bits per heavy atom. The van der Waals surface area contributed by atoms with Gasteiger partial charge in [-0.15, -0.1) is 0 Å². The van der Waals surface area contributed by atoms with Crippen molar-refractivity contribution in [2.75, 3.05) is 5.73 Å². The molecule has 0 saturated heterocycles. The van der Waals surface area contributed by atoms with Gasteiger partial charge in [0, 0.05) is 21.2 Å². The highest BCUT2D eigenvalue weighted by Gasteiger charge is 2.20. The summed E-state index contributed by atoms with van der Waals surface area (Å²) in [7, 11) is 0. The van der Waals surface area contributed by atoms with E-state index in [0.717, 1.165) is 5.56 Å². The van der Waals surface area contributed by atoms with Gasteiger partial charge in [0.2, 0.25) is 0 Å². The first kappa shape index (κ1) is 14.3.